The number of rotatable bonds is 5. The highest BCUT2D eigenvalue weighted by Crippen LogP contribution is 2.19. The van der Waals surface area contributed by atoms with E-state index < -0.39 is 0 Å². The van der Waals surface area contributed by atoms with Crippen LogP contribution in [0.5, 0.6) is 0 Å². The van der Waals surface area contributed by atoms with Crippen molar-refractivity contribution in [3.63, 3.8) is 0 Å². The number of carbonyl (C=O) groups excluding carboxylic acids is 1. The Morgan fingerprint density at radius 3 is 2.32 bits per heavy atom. The molecule has 1 saturated heterocycles. The number of anilines is 2. The van der Waals surface area contributed by atoms with Crippen molar-refractivity contribution in [2.24, 2.45) is 0 Å². The first kappa shape index (κ1) is 17.1. The van der Waals surface area contributed by atoms with Crippen molar-refractivity contribution < 1.29 is 9.18 Å². The van der Waals surface area contributed by atoms with E-state index in [2.05, 4.69) is 25.3 Å². The van der Waals surface area contributed by atoms with Crippen molar-refractivity contribution in [3.8, 4) is 0 Å². The Bertz CT molecular complexity index is 696. The van der Waals surface area contributed by atoms with E-state index in [0.29, 0.717) is 12.2 Å². The second kappa shape index (κ2) is 7.92. The molecular weight excluding hydrogens is 321 g/mol. The Kier molecular flexibility index (Phi) is 5.42. The zero-order valence-corrected chi connectivity index (χ0v) is 14.3. The van der Waals surface area contributed by atoms with Crippen LogP contribution in [0, 0.1) is 5.82 Å². The van der Waals surface area contributed by atoms with Crippen molar-refractivity contribution in [2.75, 3.05) is 42.5 Å². The molecular formula is C18H22FN5O. The van der Waals surface area contributed by atoms with Gasteiger partial charge in [-0.2, -0.15) is 0 Å². The molecule has 1 aliphatic heterocycles. The molecule has 1 aromatic heterocycles. The van der Waals surface area contributed by atoms with E-state index in [1.54, 1.807) is 18.2 Å². The van der Waals surface area contributed by atoms with Gasteiger partial charge in [-0.3, -0.25) is 4.79 Å². The number of halogens is 1. The Labute approximate surface area is 146 Å². The summed E-state index contributed by atoms with van der Waals surface area (Å²) < 4.78 is 13.0. The zero-order valence-electron chi connectivity index (χ0n) is 14.3. The third-order valence-corrected chi connectivity index (χ3v) is 4.21. The van der Waals surface area contributed by atoms with Crippen molar-refractivity contribution in [1.82, 2.24) is 15.5 Å². The molecule has 1 aromatic carbocycles. The molecule has 0 spiro atoms. The maximum absolute atomic E-state index is 13.0. The monoisotopic (exact) mass is 343 g/mol. The van der Waals surface area contributed by atoms with E-state index in [0.717, 1.165) is 44.1 Å². The summed E-state index contributed by atoms with van der Waals surface area (Å²) in [5.41, 5.74) is 1.36. The molecule has 2 aromatic rings. The van der Waals surface area contributed by atoms with Crippen LogP contribution in [0.2, 0.25) is 0 Å². The lowest BCUT2D eigenvalue weighted by atomic mass is 10.2. The first-order valence-electron chi connectivity index (χ1n) is 8.55. The van der Waals surface area contributed by atoms with Gasteiger partial charge >= 0.3 is 0 Å². The zero-order chi connectivity index (χ0) is 17.6. The number of benzene rings is 1. The van der Waals surface area contributed by atoms with E-state index in [-0.39, 0.29) is 11.7 Å². The van der Waals surface area contributed by atoms with Crippen molar-refractivity contribution in [1.29, 1.82) is 0 Å². The average molecular weight is 343 g/mol. The SMILES string of the molecule is CCCNC(=O)c1ccc(N2CCN(c3ccc(F)cc3)CC2)nn1. The minimum absolute atomic E-state index is 0.193. The van der Waals surface area contributed by atoms with E-state index in [9.17, 15) is 9.18 Å². The van der Waals surface area contributed by atoms with Crippen LogP contribution < -0.4 is 15.1 Å². The highest BCUT2D eigenvalue weighted by atomic mass is 19.1. The Hall–Kier alpha value is -2.70. The van der Waals surface area contributed by atoms with Crippen molar-refractivity contribution in [2.45, 2.75) is 13.3 Å². The summed E-state index contributed by atoms with van der Waals surface area (Å²) in [7, 11) is 0. The first-order chi connectivity index (χ1) is 12.2. The Morgan fingerprint density at radius 2 is 1.72 bits per heavy atom. The van der Waals surface area contributed by atoms with Crippen LogP contribution in [-0.2, 0) is 0 Å². The standard InChI is InChI=1S/C18H22FN5O/c1-2-9-20-18(25)16-7-8-17(22-21-16)24-12-10-23(11-13-24)15-5-3-14(19)4-6-15/h3-8H,2,9-13H2,1H3,(H,20,25). The largest absolute Gasteiger partial charge is 0.368 e. The summed E-state index contributed by atoms with van der Waals surface area (Å²) in [6.45, 7) is 5.88. The second-order valence-electron chi connectivity index (χ2n) is 5.98. The van der Waals surface area contributed by atoms with Gasteiger partial charge in [-0.1, -0.05) is 6.92 Å². The molecule has 0 atom stereocenters. The van der Waals surface area contributed by atoms with E-state index in [4.69, 9.17) is 0 Å². The molecule has 2 heterocycles. The molecule has 7 heteroatoms. The Morgan fingerprint density at radius 1 is 1.04 bits per heavy atom. The third-order valence-electron chi connectivity index (χ3n) is 4.21. The van der Waals surface area contributed by atoms with Crippen molar-refractivity contribution in [3.05, 3.63) is 47.9 Å². The molecule has 132 valence electrons. The molecule has 6 nitrogen and oxygen atoms in total. The fraction of sp³-hybridized carbons (Fsp3) is 0.389. The van der Waals surface area contributed by atoms with Crippen LogP contribution in [-0.4, -0.2) is 48.8 Å². The van der Waals surface area contributed by atoms with E-state index in [1.165, 1.54) is 12.1 Å². The molecule has 0 aliphatic carbocycles. The minimum Gasteiger partial charge on any atom is -0.368 e. The van der Waals surface area contributed by atoms with Gasteiger partial charge < -0.3 is 15.1 Å². The maximum atomic E-state index is 13.0. The van der Waals surface area contributed by atoms with Crippen LogP contribution in [0.3, 0.4) is 0 Å². The van der Waals surface area contributed by atoms with E-state index >= 15 is 0 Å². The quantitative estimate of drug-likeness (QED) is 0.901. The number of aromatic nitrogens is 2. The van der Waals surface area contributed by atoms with E-state index in [1.807, 2.05) is 13.0 Å². The molecule has 0 saturated carbocycles. The van der Waals surface area contributed by atoms with Gasteiger partial charge in [0.05, 0.1) is 0 Å². The molecule has 1 aliphatic rings. The lowest BCUT2D eigenvalue weighted by Crippen LogP contribution is -2.47. The summed E-state index contributed by atoms with van der Waals surface area (Å²) in [6.07, 6.45) is 0.885. The van der Waals surface area contributed by atoms with Crippen molar-refractivity contribution >= 4 is 17.4 Å². The van der Waals surface area contributed by atoms with Gasteiger partial charge in [-0.25, -0.2) is 4.39 Å². The van der Waals surface area contributed by atoms with Gasteiger partial charge in [0, 0.05) is 38.4 Å². The molecule has 0 bridgehead atoms. The topological polar surface area (TPSA) is 61.4 Å². The van der Waals surface area contributed by atoms with Gasteiger partial charge in [-0.05, 0) is 42.8 Å². The van der Waals surface area contributed by atoms with Gasteiger partial charge in [0.25, 0.3) is 5.91 Å². The number of hydrogen-bond acceptors (Lipinski definition) is 5. The van der Waals surface area contributed by atoms with Crippen LogP contribution in [0.15, 0.2) is 36.4 Å². The predicted molar refractivity (Wildman–Crippen MR) is 95.5 cm³/mol. The number of piperazine rings is 1. The fourth-order valence-corrected chi connectivity index (χ4v) is 2.79. The molecule has 1 fully saturated rings. The second-order valence-corrected chi connectivity index (χ2v) is 5.98. The summed E-state index contributed by atoms with van der Waals surface area (Å²) >= 11 is 0. The van der Waals surface area contributed by atoms with Gasteiger partial charge in [0.15, 0.2) is 11.5 Å². The summed E-state index contributed by atoms with van der Waals surface area (Å²) in [6, 6.07) is 10.1. The van der Waals surface area contributed by atoms with Crippen LogP contribution >= 0.6 is 0 Å². The fourth-order valence-electron chi connectivity index (χ4n) is 2.79. The molecule has 1 amide bonds. The number of carbonyl (C=O) groups is 1. The average Bonchev–Trinajstić information content (AvgIpc) is 2.67. The molecule has 3 rings (SSSR count). The minimum atomic E-state index is -0.222. The number of amides is 1. The first-order valence-corrected chi connectivity index (χ1v) is 8.55. The van der Waals surface area contributed by atoms with Crippen LogP contribution in [0.1, 0.15) is 23.8 Å². The predicted octanol–water partition coefficient (Wildman–Crippen LogP) is 2.08. The molecule has 25 heavy (non-hydrogen) atoms. The smallest absolute Gasteiger partial charge is 0.271 e. The summed E-state index contributed by atoms with van der Waals surface area (Å²) in [5, 5.41) is 11.0. The number of hydrogen-bond donors (Lipinski definition) is 1. The summed E-state index contributed by atoms with van der Waals surface area (Å²) in [4.78, 5) is 16.2. The normalized spacial score (nSPS) is 14.5. The van der Waals surface area contributed by atoms with Gasteiger partial charge in [0.2, 0.25) is 0 Å². The van der Waals surface area contributed by atoms with Crippen LogP contribution in [0.25, 0.3) is 0 Å². The lowest BCUT2D eigenvalue weighted by Gasteiger charge is -2.36. The number of nitrogens with one attached hydrogen (secondary N) is 1. The molecule has 0 radical (unpaired) electrons. The third kappa shape index (κ3) is 4.23. The van der Waals surface area contributed by atoms with Gasteiger partial charge in [0.1, 0.15) is 5.82 Å². The number of nitrogens with zero attached hydrogens (tertiary/aromatic N) is 4. The molecule has 1 N–H and O–H groups in total. The highest BCUT2D eigenvalue weighted by Gasteiger charge is 2.19. The summed E-state index contributed by atoms with van der Waals surface area (Å²) in [5.74, 6) is 0.355. The molecule has 0 unspecified atom stereocenters. The maximum Gasteiger partial charge on any atom is 0.271 e. The van der Waals surface area contributed by atoms with Crippen LogP contribution in [0.4, 0.5) is 15.9 Å². The lowest BCUT2D eigenvalue weighted by molar-refractivity contribution is 0.0947. The van der Waals surface area contributed by atoms with Gasteiger partial charge in [-0.15, -0.1) is 10.2 Å². The highest BCUT2D eigenvalue weighted by molar-refractivity contribution is 5.92. The Balaban J connectivity index is 1.57.